The molecule has 1 saturated carbocycles. The van der Waals surface area contributed by atoms with Gasteiger partial charge in [-0.3, -0.25) is 4.99 Å². The third-order valence-electron chi connectivity index (χ3n) is 3.27. The SMILES string of the molecule is CN=C(NCCCOCC1CC1)NCC(C)(C)SC.I. The van der Waals surface area contributed by atoms with Crippen LogP contribution in [0.15, 0.2) is 4.99 Å². The Balaban J connectivity index is 0.00000361. The molecule has 1 aliphatic rings. The van der Waals surface area contributed by atoms with E-state index in [-0.39, 0.29) is 28.7 Å². The van der Waals surface area contributed by atoms with Gasteiger partial charge in [0.15, 0.2) is 5.96 Å². The molecule has 0 radical (unpaired) electrons. The van der Waals surface area contributed by atoms with Gasteiger partial charge in [0.1, 0.15) is 0 Å². The van der Waals surface area contributed by atoms with E-state index < -0.39 is 0 Å². The number of hydrogen-bond acceptors (Lipinski definition) is 3. The molecule has 1 aliphatic carbocycles. The monoisotopic (exact) mass is 415 g/mol. The maximum atomic E-state index is 5.60. The first kappa shape index (κ1) is 20.3. The number of rotatable bonds is 9. The average molecular weight is 415 g/mol. The lowest BCUT2D eigenvalue weighted by Gasteiger charge is -2.23. The third-order valence-corrected chi connectivity index (χ3v) is 4.52. The first-order valence-electron chi connectivity index (χ1n) is 7.15. The zero-order valence-corrected chi connectivity index (χ0v) is 16.3. The summed E-state index contributed by atoms with van der Waals surface area (Å²) in [5.74, 6) is 1.74. The van der Waals surface area contributed by atoms with Crippen LogP contribution in [0.5, 0.6) is 0 Å². The molecule has 2 N–H and O–H groups in total. The molecule has 0 saturated heterocycles. The van der Waals surface area contributed by atoms with Crippen LogP contribution in [0, 0.1) is 5.92 Å². The van der Waals surface area contributed by atoms with E-state index in [0.717, 1.165) is 44.6 Å². The predicted octanol–water partition coefficient (Wildman–Crippen LogP) is 2.73. The minimum atomic E-state index is 0. The molecule has 0 aliphatic heterocycles. The number of nitrogens with one attached hydrogen (secondary N) is 2. The Bertz CT molecular complexity index is 284. The van der Waals surface area contributed by atoms with Gasteiger partial charge in [0.2, 0.25) is 0 Å². The Morgan fingerprint density at radius 3 is 2.60 bits per heavy atom. The summed E-state index contributed by atoms with van der Waals surface area (Å²) in [6.45, 7) is 8.06. The van der Waals surface area contributed by atoms with Crippen molar-refractivity contribution in [3.05, 3.63) is 0 Å². The summed E-state index contributed by atoms with van der Waals surface area (Å²) in [5, 5.41) is 6.68. The summed E-state index contributed by atoms with van der Waals surface area (Å²) < 4.78 is 5.83. The van der Waals surface area contributed by atoms with Crippen LogP contribution in [0.2, 0.25) is 0 Å². The third kappa shape index (κ3) is 10.1. The Morgan fingerprint density at radius 2 is 2.05 bits per heavy atom. The van der Waals surface area contributed by atoms with Crippen molar-refractivity contribution < 1.29 is 4.74 Å². The van der Waals surface area contributed by atoms with E-state index in [1.165, 1.54) is 12.8 Å². The fourth-order valence-corrected chi connectivity index (χ4v) is 1.72. The number of halogens is 1. The van der Waals surface area contributed by atoms with E-state index in [1.54, 1.807) is 0 Å². The highest BCUT2D eigenvalue weighted by Crippen LogP contribution is 2.28. The lowest BCUT2D eigenvalue weighted by atomic mass is 10.2. The summed E-state index contributed by atoms with van der Waals surface area (Å²) in [7, 11) is 1.81. The Kier molecular flexibility index (Phi) is 11.1. The predicted molar refractivity (Wildman–Crippen MR) is 101 cm³/mol. The van der Waals surface area contributed by atoms with Gasteiger partial charge in [-0.15, -0.1) is 24.0 Å². The first-order valence-corrected chi connectivity index (χ1v) is 8.37. The van der Waals surface area contributed by atoms with Gasteiger partial charge in [-0.2, -0.15) is 11.8 Å². The summed E-state index contributed by atoms with van der Waals surface area (Å²) in [5.41, 5.74) is 0. The van der Waals surface area contributed by atoms with Crippen molar-refractivity contribution in [1.29, 1.82) is 0 Å². The van der Waals surface area contributed by atoms with Crippen molar-refractivity contribution in [3.8, 4) is 0 Å². The standard InChI is InChI=1S/C14H29N3OS.HI/c1-14(2,19-4)11-17-13(15-3)16-8-5-9-18-10-12-6-7-12;/h12H,5-11H2,1-4H3,(H2,15,16,17);1H. The second kappa shape index (κ2) is 11.0. The molecule has 0 aromatic heterocycles. The molecular formula is C14H30IN3OS. The van der Waals surface area contributed by atoms with Crippen molar-refractivity contribution in [2.24, 2.45) is 10.9 Å². The van der Waals surface area contributed by atoms with Gasteiger partial charge in [0.05, 0.1) is 0 Å². The molecule has 0 heterocycles. The van der Waals surface area contributed by atoms with Crippen molar-refractivity contribution in [2.75, 3.05) is 39.6 Å². The van der Waals surface area contributed by atoms with Gasteiger partial charge in [0.25, 0.3) is 0 Å². The highest BCUT2D eigenvalue weighted by molar-refractivity contribution is 14.0. The number of ether oxygens (including phenoxy) is 1. The number of thioether (sulfide) groups is 1. The summed E-state index contributed by atoms with van der Waals surface area (Å²) in [6, 6.07) is 0. The first-order chi connectivity index (χ1) is 9.07. The van der Waals surface area contributed by atoms with Crippen LogP contribution in [0.3, 0.4) is 0 Å². The largest absolute Gasteiger partial charge is 0.381 e. The second-order valence-corrected chi connectivity index (χ2v) is 7.20. The molecule has 6 heteroatoms. The highest BCUT2D eigenvalue weighted by atomic mass is 127. The quantitative estimate of drug-likeness (QED) is 0.263. The molecule has 1 rings (SSSR count). The van der Waals surface area contributed by atoms with Crippen LogP contribution in [0.25, 0.3) is 0 Å². The van der Waals surface area contributed by atoms with Gasteiger partial charge >= 0.3 is 0 Å². The highest BCUT2D eigenvalue weighted by Gasteiger charge is 2.20. The minimum Gasteiger partial charge on any atom is -0.381 e. The van der Waals surface area contributed by atoms with Crippen LogP contribution >= 0.6 is 35.7 Å². The average Bonchev–Trinajstić information content (AvgIpc) is 3.21. The van der Waals surface area contributed by atoms with E-state index in [1.807, 2.05) is 18.8 Å². The molecule has 120 valence electrons. The van der Waals surface area contributed by atoms with E-state index in [4.69, 9.17) is 4.74 Å². The molecular weight excluding hydrogens is 385 g/mol. The van der Waals surface area contributed by atoms with Crippen LogP contribution in [0.4, 0.5) is 0 Å². The van der Waals surface area contributed by atoms with E-state index in [2.05, 4.69) is 35.7 Å². The zero-order valence-electron chi connectivity index (χ0n) is 13.2. The summed E-state index contributed by atoms with van der Waals surface area (Å²) >= 11 is 1.86. The van der Waals surface area contributed by atoms with Gasteiger partial charge in [0, 0.05) is 38.1 Å². The van der Waals surface area contributed by atoms with Crippen LogP contribution < -0.4 is 10.6 Å². The molecule has 0 aromatic carbocycles. The minimum absolute atomic E-state index is 0. The fraction of sp³-hybridized carbons (Fsp3) is 0.929. The summed E-state index contributed by atoms with van der Waals surface area (Å²) in [6.07, 6.45) is 5.88. The lowest BCUT2D eigenvalue weighted by Crippen LogP contribution is -2.43. The van der Waals surface area contributed by atoms with Gasteiger partial charge < -0.3 is 15.4 Å². The Hall–Kier alpha value is 0.310. The van der Waals surface area contributed by atoms with Gasteiger partial charge in [-0.25, -0.2) is 0 Å². The number of aliphatic imine (C=N–C) groups is 1. The smallest absolute Gasteiger partial charge is 0.191 e. The maximum Gasteiger partial charge on any atom is 0.191 e. The molecule has 4 nitrogen and oxygen atoms in total. The number of nitrogens with zero attached hydrogens (tertiary/aromatic N) is 1. The van der Waals surface area contributed by atoms with Crippen molar-refractivity contribution >= 4 is 41.7 Å². The normalized spacial score (nSPS) is 15.7. The van der Waals surface area contributed by atoms with Crippen molar-refractivity contribution in [2.45, 2.75) is 37.9 Å². The van der Waals surface area contributed by atoms with Gasteiger partial charge in [-0.1, -0.05) is 0 Å². The maximum absolute atomic E-state index is 5.60. The molecule has 0 spiro atoms. The second-order valence-electron chi connectivity index (χ2n) is 5.69. The van der Waals surface area contributed by atoms with Crippen LogP contribution in [-0.2, 0) is 4.74 Å². The lowest BCUT2D eigenvalue weighted by molar-refractivity contribution is 0.123. The number of guanidine groups is 1. The number of hydrogen-bond donors (Lipinski definition) is 2. The summed E-state index contributed by atoms with van der Waals surface area (Å²) in [4.78, 5) is 4.23. The van der Waals surface area contributed by atoms with E-state index in [9.17, 15) is 0 Å². The molecule has 0 aromatic rings. The molecule has 20 heavy (non-hydrogen) atoms. The zero-order chi connectivity index (χ0) is 14.1. The van der Waals surface area contributed by atoms with E-state index >= 15 is 0 Å². The van der Waals surface area contributed by atoms with E-state index in [0.29, 0.717) is 0 Å². The van der Waals surface area contributed by atoms with Gasteiger partial charge in [-0.05, 0) is 45.3 Å². The molecule has 0 unspecified atom stereocenters. The molecule has 0 atom stereocenters. The van der Waals surface area contributed by atoms with Crippen LogP contribution in [0.1, 0.15) is 33.1 Å². The fourth-order valence-electron chi connectivity index (χ4n) is 1.50. The molecule has 0 bridgehead atoms. The van der Waals surface area contributed by atoms with Crippen LogP contribution in [-0.4, -0.2) is 50.3 Å². The van der Waals surface area contributed by atoms with Crippen molar-refractivity contribution in [3.63, 3.8) is 0 Å². The topological polar surface area (TPSA) is 45.7 Å². The Labute approximate surface area is 145 Å². The molecule has 0 amide bonds. The molecule has 1 fully saturated rings. The Morgan fingerprint density at radius 1 is 1.35 bits per heavy atom. The van der Waals surface area contributed by atoms with Crippen molar-refractivity contribution in [1.82, 2.24) is 10.6 Å².